The third-order valence-corrected chi connectivity index (χ3v) is 4.38. The molecule has 0 spiro atoms. The highest BCUT2D eigenvalue weighted by Gasteiger charge is 2.12. The van der Waals surface area contributed by atoms with Crippen LogP contribution in [0.5, 0.6) is 17.2 Å². The number of phenolic OH excluding ortho intramolecular Hbond substituents is 1. The maximum Gasteiger partial charge on any atom is 0.344 e. The summed E-state index contributed by atoms with van der Waals surface area (Å²) in [5.41, 5.74) is 3.31. The van der Waals surface area contributed by atoms with Crippen LogP contribution in [-0.4, -0.2) is 43.5 Å². The number of hydrazone groups is 1. The molecule has 3 aromatic rings. The van der Waals surface area contributed by atoms with Crippen LogP contribution in [0.25, 0.3) is 10.8 Å². The van der Waals surface area contributed by atoms with Crippen molar-refractivity contribution in [1.29, 1.82) is 0 Å². The molecule has 0 radical (unpaired) electrons. The van der Waals surface area contributed by atoms with E-state index in [2.05, 4.69) is 10.5 Å². The van der Waals surface area contributed by atoms with Gasteiger partial charge in [-0.25, -0.2) is 10.2 Å². The van der Waals surface area contributed by atoms with E-state index in [4.69, 9.17) is 14.2 Å². The third-order valence-electron chi connectivity index (χ3n) is 4.38. The largest absolute Gasteiger partial charge is 0.504 e. The predicted molar refractivity (Wildman–Crippen MR) is 116 cm³/mol. The molecule has 0 unspecified atom stereocenters. The van der Waals surface area contributed by atoms with Gasteiger partial charge in [0.2, 0.25) is 0 Å². The Hall–Kier alpha value is -4.07. The molecule has 0 bridgehead atoms. The maximum atomic E-state index is 12.4. The van der Waals surface area contributed by atoms with Crippen LogP contribution < -0.4 is 14.9 Å². The SMILES string of the molecule is CCOC(=O)COc1ccc2ccccc2c1C=NNC(=O)c1ccc(O)c(OC)c1. The van der Waals surface area contributed by atoms with Gasteiger partial charge in [-0.15, -0.1) is 0 Å². The Kier molecular flexibility index (Phi) is 7.05. The number of hydrogen-bond acceptors (Lipinski definition) is 7. The third kappa shape index (κ3) is 5.30. The van der Waals surface area contributed by atoms with Crippen molar-refractivity contribution >= 4 is 28.9 Å². The molecule has 3 rings (SSSR count). The van der Waals surface area contributed by atoms with E-state index >= 15 is 0 Å². The second-order valence-electron chi connectivity index (χ2n) is 6.38. The van der Waals surface area contributed by atoms with E-state index < -0.39 is 11.9 Å². The van der Waals surface area contributed by atoms with Gasteiger partial charge in [-0.05, 0) is 42.0 Å². The van der Waals surface area contributed by atoms with Gasteiger partial charge in [-0.1, -0.05) is 30.3 Å². The van der Waals surface area contributed by atoms with Crippen molar-refractivity contribution in [1.82, 2.24) is 5.43 Å². The molecule has 0 saturated heterocycles. The zero-order chi connectivity index (χ0) is 22.2. The van der Waals surface area contributed by atoms with Crippen LogP contribution in [0.15, 0.2) is 59.7 Å². The molecule has 8 heteroatoms. The minimum Gasteiger partial charge on any atom is -0.504 e. The van der Waals surface area contributed by atoms with Gasteiger partial charge in [0.25, 0.3) is 5.91 Å². The molecule has 1 amide bonds. The van der Waals surface area contributed by atoms with E-state index in [9.17, 15) is 14.7 Å². The summed E-state index contributed by atoms with van der Waals surface area (Å²) in [6.07, 6.45) is 1.46. The van der Waals surface area contributed by atoms with Crippen molar-refractivity contribution in [2.75, 3.05) is 20.3 Å². The minimum absolute atomic E-state index is 0.0679. The molecular formula is C23H22N2O6. The Morgan fingerprint density at radius 1 is 1.10 bits per heavy atom. The number of fused-ring (bicyclic) bond motifs is 1. The molecule has 160 valence electrons. The van der Waals surface area contributed by atoms with Crippen LogP contribution in [0.1, 0.15) is 22.8 Å². The molecule has 0 atom stereocenters. The van der Waals surface area contributed by atoms with Gasteiger partial charge < -0.3 is 19.3 Å². The normalized spacial score (nSPS) is 10.8. The number of carbonyl (C=O) groups is 2. The molecule has 2 N–H and O–H groups in total. The second kappa shape index (κ2) is 10.1. The topological polar surface area (TPSA) is 106 Å². The summed E-state index contributed by atoms with van der Waals surface area (Å²) in [6.45, 7) is 1.74. The summed E-state index contributed by atoms with van der Waals surface area (Å²) < 4.78 is 15.5. The first-order valence-corrected chi connectivity index (χ1v) is 9.54. The molecule has 0 aromatic heterocycles. The van der Waals surface area contributed by atoms with Crippen LogP contribution in [0.3, 0.4) is 0 Å². The van der Waals surface area contributed by atoms with E-state index in [-0.39, 0.29) is 30.3 Å². The fourth-order valence-electron chi connectivity index (χ4n) is 2.91. The molecule has 8 nitrogen and oxygen atoms in total. The summed E-state index contributed by atoms with van der Waals surface area (Å²) in [7, 11) is 1.40. The van der Waals surface area contributed by atoms with Gasteiger partial charge >= 0.3 is 5.97 Å². The molecule has 0 aliphatic heterocycles. The summed E-state index contributed by atoms with van der Waals surface area (Å²) in [4.78, 5) is 24.1. The van der Waals surface area contributed by atoms with Crippen LogP contribution >= 0.6 is 0 Å². The number of nitrogens with one attached hydrogen (secondary N) is 1. The molecule has 0 heterocycles. The van der Waals surface area contributed by atoms with Crippen molar-refractivity contribution in [2.24, 2.45) is 5.10 Å². The summed E-state index contributed by atoms with van der Waals surface area (Å²) >= 11 is 0. The zero-order valence-corrected chi connectivity index (χ0v) is 17.1. The predicted octanol–water partition coefficient (Wildman–Crippen LogP) is 3.26. The monoisotopic (exact) mass is 422 g/mol. The van der Waals surface area contributed by atoms with Crippen molar-refractivity contribution in [3.05, 3.63) is 65.7 Å². The van der Waals surface area contributed by atoms with E-state index in [1.165, 1.54) is 31.5 Å². The molecule has 31 heavy (non-hydrogen) atoms. The quantitative estimate of drug-likeness (QED) is 0.328. The van der Waals surface area contributed by atoms with Gasteiger partial charge in [0.1, 0.15) is 5.75 Å². The van der Waals surface area contributed by atoms with Crippen molar-refractivity contribution in [3.63, 3.8) is 0 Å². The van der Waals surface area contributed by atoms with Crippen LogP contribution in [-0.2, 0) is 9.53 Å². The first kappa shape index (κ1) is 21.6. The van der Waals surface area contributed by atoms with Gasteiger partial charge in [-0.2, -0.15) is 5.10 Å². The first-order valence-electron chi connectivity index (χ1n) is 9.54. The standard InChI is InChI=1S/C23H22N2O6/c1-3-30-22(27)14-31-20-11-9-15-6-4-5-7-17(15)18(20)13-24-25-23(28)16-8-10-19(26)21(12-16)29-2/h4-13,26H,3,14H2,1-2H3,(H,25,28). The molecule has 0 aliphatic rings. The molecular weight excluding hydrogens is 400 g/mol. The molecule has 0 fully saturated rings. The number of phenols is 1. The van der Waals surface area contributed by atoms with E-state index in [0.29, 0.717) is 11.3 Å². The van der Waals surface area contributed by atoms with Crippen LogP contribution in [0.2, 0.25) is 0 Å². The van der Waals surface area contributed by atoms with Crippen LogP contribution in [0, 0.1) is 0 Å². The number of rotatable bonds is 8. The highest BCUT2D eigenvalue weighted by molar-refractivity contribution is 6.03. The second-order valence-corrected chi connectivity index (χ2v) is 6.38. The average Bonchev–Trinajstić information content (AvgIpc) is 2.78. The number of aromatic hydroxyl groups is 1. The Morgan fingerprint density at radius 3 is 2.68 bits per heavy atom. The van der Waals surface area contributed by atoms with Crippen molar-refractivity contribution in [2.45, 2.75) is 6.92 Å². The van der Waals surface area contributed by atoms with Crippen molar-refractivity contribution < 1.29 is 28.9 Å². The lowest BCUT2D eigenvalue weighted by Gasteiger charge is -2.11. The fourth-order valence-corrected chi connectivity index (χ4v) is 2.91. The smallest absolute Gasteiger partial charge is 0.344 e. The lowest BCUT2D eigenvalue weighted by molar-refractivity contribution is -0.145. The van der Waals surface area contributed by atoms with Crippen molar-refractivity contribution in [3.8, 4) is 17.2 Å². The van der Waals surface area contributed by atoms with Gasteiger partial charge in [0, 0.05) is 11.1 Å². The Balaban J connectivity index is 1.83. The van der Waals surface area contributed by atoms with Gasteiger partial charge in [0.15, 0.2) is 18.1 Å². The van der Waals surface area contributed by atoms with E-state index in [0.717, 1.165) is 10.8 Å². The number of esters is 1. The number of amides is 1. The molecule has 3 aromatic carbocycles. The van der Waals surface area contributed by atoms with Gasteiger partial charge in [-0.3, -0.25) is 4.79 Å². The lowest BCUT2D eigenvalue weighted by atomic mass is 10.0. The van der Waals surface area contributed by atoms with Crippen LogP contribution in [0.4, 0.5) is 0 Å². The summed E-state index contributed by atoms with van der Waals surface area (Å²) in [5.74, 6) is -0.421. The highest BCUT2D eigenvalue weighted by atomic mass is 16.6. The van der Waals surface area contributed by atoms with E-state index in [1.807, 2.05) is 30.3 Å². The Labute approximate surface area is 179 Å². The zero-order valence-electron chi connectivity index (χ0n) is 17.1. The average molecular weight is 422 g/mol. The number of ether oxygens (including phenoxy) is 3. The number of methoxy groups -OCH3 is 1. The number of carbonyl (C=O) groups excluding carboxylic acids is 2. The number of benzene rings is 3. The maximum absolute atomic E-state index is 12.4. The molecule has 0 saturated carbocycles. The van der Waals surface area contributed by atoms with Gasteiger partial charge in [0.05, 0.1) is 19.9 Å². The summed E-state index contributed by atoms with van der Waals surface area (Å²) in [6, 6.07) is 15.4. The number of nitrogens with zero attached hydrogens (tertiary/aromatic N) is 1. The summed E-state index contributed by atoms with van der Waals surface area (Å²) in [5, 5.41) is 15.5. The first-order chi connectivity index (χ1) is 15.0. The van der Waals surface area contributed by atoms with E-state index in [1.54, 1.807) is 13.0 Å². The lowest BCUT2D eigenvalue weighted by Crippen LogP contribution is -2.18. The molecule has 0 aliphatic carbocycles. The number of hydrogen-bond donors (Lipinski definition) is 2. The Bertz CT molecular complexity index is 1130. The fraction of sp³-hybridized carbons (Fsp3) is 0.174. The Morgan fingerprint density at radius 2 is 1.90 bits per heavy atom. The highest BCUT2D eigenvalue weighted by Crippen LogP contribution is 2.27. The minimum atomic E-state index is -0.483.